The van der Waals surface area contributed by atoms with Gasteiger partial charge in [-0.2, -0.15) is 0 Å². The fourth-order valence-electron chi connectivity index (χ4n) is 5.91. The lowest BCUT2D eigenvalue weighted by molar-refractivity contribution is -0.268. The van der Waals surface area contributed by atoms with Crippen molar-refractivity contribution in [2.24, 2.45) is 5.92 Å². The van der Waals surface area contributed by atoms with Crippen LogP contribution in [0, 0.1) is 5.92 Å². The van der Waals surface area contributed by atoms with Gasteiger partial charge in [-0.05, 0) is 52.8 Å². The van der Waals surface area contributed by atoms with Crippen LogP contribution < -0.4 is 10.6 Å². The molecule has 4 aromatic carbocycles. The molecule has 1 heterocycles. The maximum absolute atomic E-state index is 12.5. The highest BCUT2D eigenvalue weighted by Gasteiger charge is 2.38. The number of carbonyl (C=O) groups is 2. The van der Waals surface area contributed by atoms with E-state index in [0.29, 0.717) is 19.5 Å². The first-order valence-electron chi connectivity index (χ1n) is 16.8. The Hall–Kier alpha value is -3.95. The summed E-state index contributed by atoms with van der Waals surface area (Å²) in [7, 11) is 0. The number of rotatable bonds is 15. The van der Waals surface area contributed by atoms with Crippen LogP contribution in [-0.2, 0) is 32.2 Å². The minimum absolute atomic E-state index is 0.00735. The number of hydrogen-bond donors (Lipinski definition) is 3. The SMILES string of the molecule is CC(=O)NCCCCCC(=O)NCc1ccccc1-c1ccc(C2OC(CSc3ccccc3)C(C)C(c3ccc(CO)cc3)O2)cc1. The first kappa shape index (κ1) is 35.4. The molecule has 0 bridgehead atoms. The molecular formula is C40H46N2O5S. The molecule has 252 valence electrons. The normalized spacial score (nSPS) is 19.1. The standard InChI is InChI=1S/C40H46N2O5S/c1-28-37(27-48-35-12-5-3-6-13-35)46-40(47-39(28)32-18-16-30(26-43)17-19-32)33-22-20-31(21-23-33)36-14-9-8-11-34(36)25-42-38(45)15-7-4-10-24-41-29(2)44/h3,5-6,8-9,11-14,16-23,28,37,39-40,43H,4,7,10,15,24-27H2,1-2H3,(H,41,44)(H,42,45). The Morgan fingerprint density at radius 1 is 0.792 bits per heavy atom. The molecule has 0 spiro atoms. The molecule has 3 N–H and O–H groups in total. The highest BCUT2D eigenvalue weighted by molar-refractivity contribution is 7.99. The maximum Gasteiger partial charge on any atom is 0.220 e. The van der Waals surface area contributed by atoms with Gasteiger partial charge in [-0.15, -0.1) is 11.8 Å². The van der Waals surface area contributed by atoms with E-state index >= 15 is 0 Å². The molecule has 0 aliphatic carbocycles. The molecule has 4 unspecified atom stereocenters. The number of carbonyl (C=O) groups excluding carboxylic acids is 2. The van der Waals surface area contributed by atoms with Crippen LogP contribution in [0.5, 0.6) is 0 Å². The smallest absolute Gasteiger partial charge is 0.220 e. The molecule has 4 aromatic rings. The lowest BCUT2D eigenvalue weighted by atomic mass is 9.91. The summed E-state index contributed by atoms with van der Waals surface area (Å²) >= 11 is 1.79. The molecular weight excluding hydrogens is 621 g/mol. The van der Waals surface area contributed by atoms with Crippen molar-refractivity contribution in [3.63, 3.8) is 0 Å². The minimum atomic E-state index is -0.535. The number of nitrogens with one attached hydrogen (secondary N) is 2. The quantitative estimate of drug-likeness (QED) is 0.0888. The second-order valence-corrected chi connectivity index (χ2v) is 13.4. The third kappa shape index (κ3) is 10.0. The molecule has 2 amide bonds. The highest BCUT2D eigenvalue weighted by atomic mass is 32.2. The topological polar surface area (TPSA) is 96.9 Å². The van der Waals surface area contributed by atoms with Crippen LogP contribution in [0.25, 0.3) is 11.1 Å². The van der Waals surface area contributed by atoms with E-state index in [-0.39, 0.29) is 36.5 Å². The van der Waals surface area contributed by atoms with Gasteiger partial charge in [0.2, 0.25) is 11.8 Å². The molecule has 8 heteroatoms. The second-order valence-electron chi connectivity index (χ2n) is 12.3. The number of unbranched alkanes of at least 4 members (excludes halogenated alkanes) is 2. The molecule has 1 saturated heterocycles. The van der Waals surface area contributed by atoms with Crippen molar-refractivity contribution in [1.82, 2.24) is 10.6 Å². The van der Waals surface area contributed by atoms with E-state index in [1.807, 2.05) is 48.5 Å². The van der Waals surface area contributed by atoms with E-state index in [2.05, 4.69) is 72.2 Å². The molecule has 7 nitrogen and oxygen atoms in total. The number of aliphatic hydroxyl groups is 1. The predicted octanol–water partition coefficient (Wildman–Crippen LogP) is 7.74. The monoisotopic (exact) mass is 666 g/mol. The maximum atomic E-state index is 12.5. The van der Waals surface area contributed by atoms with Crippen LogP contribution in [0.1, 0.15) is 74.2 Å². The van der Waals surface area contributed by atoms with Gasteiger partial charge in [-0.25, -0.2) is 0 Å². The van der Waals surface area contributed by atoms with Crippen LogP contribution in [0.3, 0.4) is 0 Å². The van der Waals surface area contributed by atoms with Crippen molar-refractivity contribution in [2.75, 3.05) is 12.3 Å². The van der Waals surface area contributed by atoms with E-state index in [9.17, 15) is 14.7 Å². The Balaban J connectivity index is 1.25. The Morgan fingerprint density at radius 3 is 2.23 bits per heavy atom. The Kier molecular flexibility index (Phi) is 13.3. The van der Waals surface area contributed by atoms with Crippen LogP contribution in [0.15, 0.2) is 108 Å². The Bertz CT molecular complexity index is 1600. The van der Waals surface area contributed by atoms with Crippen molar-refractivity contribution < 1.29 is 24.2 Å². The molecule has 1 aliphatic rings. The molecule has 0 aromatic heterocycles. The molecule has 1 fully saturated rings. The summed E-state index contributed by atoms with van der Waals surface area (Å²) in [6.45, 7) is 4.80. The van der Waals surface area contributed by atoms with E-state index in [0.717, 1.165) is 58.4 Å². The third-order valence-corrected chi connectivity index (χ3v) is 9.82. The van der Waals surface area contributed by atoms with Crippen LogP contribution in [0.2, 0.25) is 0 Å². The van der Waals surface area contributed by atoms with Gasteiger partial charge in [-0.3, -0.25) is 9.59 Å². The molecule has 0 radical (unpaired) electrons. The number of thioether (sulfide) groups is 1. The average molecular weight is 667 g/mol. The summed E-state index contributed by atoms with van der Waals surface area (Å²) < 4.78 is 13.3. The van der Waals surface area contributed by atoms with E-state index in [1.165, 1.54) is 11.8 Å². The largest absolute Gasteiger partial charge is 0.392 e. The fourth-order valence-corrected chi connectivity index (χ4v) is 7.00. The van der Waals surface area contributed by atoms with Crippen molar-refractivity contribution in [3.05, 3.63) is 125 Å². The van der Waals surface area contributed by atoms with Crippen LogP contribution in [-0.4, -0.2) is 35.3 Å². The number of hydrogen-bond acceptors (Lipinski definition) is 6. The van der Waals surface area contributed by atoms with Gasteiger partial charge < -0.3 is 25.2 Å². The van der Waals surface area contributed by atoms with Gasteiger partial charge in [0.05, 0.1) is 18.8 Å². The van der Waals surface area contributed by atoms with E-state index in [4.69, 9.17) is 9.47 Å². The second kappa shape index (κ2) is 18.0. The van der Waals surface area contributed by atoms with Gasteiger partial charge in [0, 0.05) is 48.6 Å². The Labute approximate surface area is 288 Å². The molecule has 0 saturated carbocycles. The Morgan fingerprint density at radius 2 is 1.50 bits per heavy atom. The zero-order valence-electron chi connectivity index (χ0n) is 27.8. The fraction of sp³-hybridized carbons (Fsp3) is 0.350. The van der Waals surface area contributed by atoms with Crippen LogP contribution >= 0.6 is 11.8 Å². The average Bonchev–Trinajstić information content (AvgIpc) is 3.12. The highest BCUT2D eigenvalue weighted by Crippen LogP contribution is 2.43. The minimum Gasteiger partial charge on any atom is -0.392 e. The first-order valence-corrected chi connectivity index (χ1v) is 17.8. The van der Waals surface area contributed by atoms with E-state index < -0.39 is 6.29 Å². The van der Waals surface area contributed by atoms with Gasteiger partial charge in [0.15, 0.2) is 6.29 Å². The zero-order chi connectivity index (χ0) is 33.7. The number of amides is 2. The summed E-state index contributed by atoms with van der Waals surface area (Å²) in [5, 5.41) is 15.4. The van der Waals surface area contributed by atoms with Gasteiger partial charge >= 0.3 is 0 Å². The van der Waals surface area contributed by atoms with Gasteiger partial charge in [0.1, 0.15) is 0 Å². The third-order valence-electron chi connectivity index (χ3n) is 8.72. The lowest BCUT2D eigenvalue weighted by Crippen LogP contribution is -2.38. The zero-order valence-corrected chi connectivity index (χ0v) is 28.6. The number of benzene rings is 4. The van der Waals surface area contributed by atoms with Crippen molar-refractivity contribution >= 4 is 23.6 Å². The van der Waals surface area contributed by atoms with Crippen molar-refractivity contribution in [3.8, 4) is 11.1 Å². The summed E-state index contributed by atoms with van der Waals surface area (Å²) in [6, 6.07) is 34.8. The van der Waals surface area contributed by atoms with E-state index in [1.54, 1.807) is 11.8 Å². The lowest BCUT2D eigenvalue weighted by Gasteiger charge is -2.41. The summed E-state index contributed by atoms with van der Waals surface area (Å²) in [6.07, 6.45) is 2.28. The predicted molar refractivity (Wildman–Crippen MR) is 191 cm³/mol. The molecule has 4 atom stereocenters. The summed E-state index contributed by atoms with van der Waals surface area (Å²) in [4.78, 5) is 24.7. The molecule has 48 heavy (non-hydrogen) atoms. The molecule has 1 aliphatic heterocycles. The molecule has 5 rings (SSSR count). The summed E-state index contributed by atoms with van der Waals surface area (Å²) in [5.41, 5.74) is 6.06. The number of ether oxygens (including phenoxy) is 2. The summed E-state index contributed by atoms with van der Waals surface area (Å²) in [5.74, 6) is 0.914. The van der Waals surface area contributed by atoms with Gasteiger partial charge in [-0.1, -0.05) is 104 Å². The van der Waals surface area contributed by atoms with Gasteiger partial charge in [0.25, 0.3) is 0 Å². The number of aliphatic hydroxyl groups excluding tert-OH is 1. The first-order chi connectivity index (χ1) is 23.4. The van der Waals surface area contributed by atoms with Crippen molar-refractivity contribution in [1.29, 1.82) is 0 Å². The van der Waals surface area contributed by atoms with Crippen LogP contribution in [0.4, 0.5) is 0 Å². The van der Waals surface area contributed by atoms with Crippen molar-refractivity contribution in [2.45, 2.75) is 76.1 Å².